The summed E-state index contributed by atoms with van der Waals surface area (Å²) in [5, 5.41) is 7.08. The van der Waals surface area contributed by atoms with Gasteiger partial charge in [0.15, 0.2) is 0 Å². The second-order valence-electron chi connectivity index (χ2n) is 3.88. The van der Waals surface area contributed by atoms with Crippen LogP contribution in [0.3, 0.4) is 0 Å². The van der Waals surface area contributed by atoms with Gasteiger partial charge in [0.1, 0.15) is 0 Å². The van der Waals surface area contributed by atoms with Crippen LogP contribution in [-0.2, 0) is 6.54 Å². The molecule has 0 aromatic carbocycles. The van der Waals surface area contributed by atoms with Gasteiger partial charge in [-0.25, -0.2) is 4.68 Å². The van der Waals surface area contributed by atoms with Crippen LogP contribution in [0.2, 0.25) is 0 Å². The van der Waals surface area contributed by atoms with E-state index in [0.717, 1.165) is 11.3 Å². The van der Waals surface area contributed by atoms with Gasteiger partial charge >= 0.3 is 0 Å². The molecule has 0 aliphatic heterocycles. The minimum Gasteiger partial charge on any atom is -0.376 e. The maximum absolute atomic E-state index is 11.7. The van der Waals surface area contributed by atoms with Gasteiger partial charge in [0.25, 0.3) is 5.56 Å². The van der Waals surface area contributed by atoms with Crippen molar-refractivity contribution in [2.45, 2.75) is 6.54 Å². The molecule has 1 aromatic heterocycles. The third-order valence-electron chi connectivity index (χ3n) is 2.17. The van der Waals surface area contributed by atoms with E-state index in [-0.39, 0.29) is 5.56 Å². The Bertz CT molecular complexity index is 422. The number of nitrogens with zero attached hydrogens (tertiary/aromatic N) is 3. The van der Waals surface area contributed by atoms with Crippen LogP contribution in [0.25, 0.3) is 0 Å². The molecule has 0 radical (unpaired) electrons. The van der Waals surface area contributed by atoms with Crippen molar-refractivity contribution in [3.63, 3.8) is 0 Å². The van der Waals surface area contributed by atoms with E-state index in [1.807, 2.05) is 26.0 Å². The Balaban J connectivity index is 2.83. The van der Waals surface area contributed by atoms with Crippen molar-refractivity contribution in [2.24, 2.45) is 0 Å². The second-order valence-corrected chi connectivity index (χ2v) is 3.88. The summed E-state index contributed by atoms with van der Waals surface area (Å²) in [7, 11) is 5.60. The molecule has 16 heavy (non-hydrogen) atoms. The molecule has 0 saturated heterocycles. The van der Waals surface area contributed by atoms with Crippen molar-refractivity contribution >= 4 is 5.69 Å². The molecule has 0 fully saturated rings. The lowest BCUT2D eigenvalue weighted by molar-refractivity contribution is 0.616. The van der Waals surface area contributed by atoms with Gasteiger partial charge in [-0.05, 0) is 12.6 Å². The van der Waals surface area contributed by atoms with Crippen LogP contribution >= 0.6 is 0 Å². The van der Waals surface area contributed by atoms with Gasteiger partial charge in [0, 0.05) is 26.7 Å². The second kappa shape index (κ2) is 5.46. The smallest absolute Gasteiger partial charge is 0.269 e. The summed E-state index contributed by atoms with van der Waals surface area (Å²) < 4.78 is 1.41. The van der Waals surface area contributed by atoms with Crippen LogP contribution in [0.5, 0.6) is 0 Å². The highest BCUT2D eigenvalue weighted by atomic mass is 16.1. The van der Waals surface area contributed by atoms with Gasteiger partial charge in [-0.1, -0.05) is 6.58 Å². The van der Waals surface area contributed by atoms with E-state index in [1.165, 1.54) is 4.68 Å². The first kappa shape index (κ1) is 12.4. The predicted molar refractivity (Wildman–Crippen MR) is 65.9 cm³/mol. The predicted octanol–water partition coefficient (Wildman–Crippen LogP) is 0.0849. The SMILES string of the molecule is C=C(CNC)Cn1ncc(N(C)C)cc1=O. The van der Waals surface area contributed by atoms with Crippen molar-refractivity contribution in [1.29, 1.82) is 0 Å². The lowest BCUT2D eigenvalue weighted by Crippen LogP contribution is -2.26. The molecule has 0 unspecified atom stereocenters. The molecule has 88 valence electrons. The molecule has 5 nitrogen and oxygen atoms in total. The first-order chi connectivity index (χ1) is 7.54. The van der Waals surface area contributed by atoms with Crippen molar-refractivity contribution in [3.8, 4) is 0 Å². The monoisotopic (exact) mass is 222 g/mol. The molecule has 1 rings (SSSR count). The molecule has 0 aliphatic carbocycles. The quantitative estimate of drug-likeness (QED) is 0.717. The number of hydrogen-bond acceptors (Lipinski definition) is 4. The minimum atomic E-state index is -0.108. The number of anilines is 1. The number of likely N-dealkylation sites (N-methyl/N-ethyl adjacent to an activating group) is 1. The van der Waals surface area contributed by atoms with E-state index in [9.17, 15) is 4.79 Å². The van der Waals surface area contributed by atoms with E-state index in [2.05, 4.69) is 17.0 Å². The summed E-state index contributed by atoms with van der Waals surface area (Å²) in [4.78, 5) is 13.5. The van der Waals surface area contributed by atoms with Crippen LogP contribution in [0.4, 0.5) is 5.69 Å². The Morgan fingerprint density at radius 3 is 2.81 bits per heavy atom. The summed E-state index contributed by atoms with van der Waals surface area (Å²) in [6.45, 7) is 5.00. The van der Waals surface area contributed by atoms with Crippen molar-refractivity contribution in [1.82, 2.24) is 15.1 Å². The van der Waals surface area contributed by atoms with Gasteiger partial charge in [-0.15, -0.1) is 0 Å². The highest BCUT2D eigenvalue weighted by Crippen LogP contribution is 2.03. The van der Waals surface area contributed by atoms with E-state index in [0.29, 0.717) is 13.1 Å². The van der Waals surface area contributed by atoms with E-state index in [4.69, 9.17) is 0 Å². The molecule has 0 bridgehead atoms. The van der Waals surface area contributed by atoms with Gasteiger partial charge in [-0.2, -0.15) is 5.10 Å². The van der Waals surface area contributed by atoms with Crippen LogP contribution < -0.4 is 15.8 Å². The Morgan fingerprint density at radius 2 is 2.31 bits per heavy atom. The summed E-state index contributed by atoms with van der Waals surface area (Å²) in [6.07, 6.45) is 1.67. The van der Waals surface area contributed by atoms with E-state index >= 15 is 0 Å². The summed E-state index contributed by atoms with van der Waals surface area (Å²) in [5.41, 5.74) is 1.62. The average molecular weight is 222 g/mol. The highest BCUT2D eigenvalue weighted by Gasteiger charge is 2.02. The van der Waals surface area contributed by atoms with Crippen LogP contribution in [0, 0.1) is 0 Å². The molecule has 1 heterocycles. The van der Waals surface area contributed by atoms with Crippen molar-refractivity contribution < 1.29 is 0 Å². The average Bonchev–Trinajstić information content (AvgIpc) is 2.21. The van der Waals surface area contributed by atoms with Crippen molar-refractivity contribution in [3.05, 3.63) is 34.8 Å². The standard InChI is InChI=1S/C11H18N4O/c1-9(6-12-2)8-15-11(16)5-10(7-13-15)14(3)4/h5,7,12H,1,6,8H2,2-4H3. The molecule has 0 atom stereocenters. The fourth-order valence-electron chi connectivity index (χ4n) is 1.31. The largest absolute Gasteiger partial charge is 0.376 e. The molecule has 0 saturated carbocycles. The fraction of sp³-hybridized carbons (Fsp3) is 0.455. The Kier molecular flexibility index (Phi) is 4.25. The number of aromatic nitrogens is 2. The summed E-state index contributed by atoms with van der Waals surface area (Å²) >= 11 is 0. The normalized spacial score (nSPS) is 10.2. The summed E-state index contributed by atoms with van der Waals surface area (Å²) in [6, 6.07) is 1.57. The highest BCUT2D eigenvalue weighted by molar-refractivity contribution is 5.40. The number of nitrogens with one attached hydrogen (secondary N) is 1. The molecule has 0 spiro atoms. The molecule has 0 amide bonds. The van der Waals surface area contributed by atoms with Crippen molar-refractivity contribution in [2.75, 3.05) is 32.6 Å². The fourth-order valence-corrected chi connectivity index (χ4v) is 1.31. The zero-order chi connectivity index (χ0) is 12.1. The zero-order valence-corrected chi connectivity index (χ0v) is 10.0. The minimum absolute atomic E-state index is 0.108. The van der Waals surface area contributed by atoms with E-state index < -0.39 is 0 Å². The molecule has 1 N–H and O–H groups in total. The maximum Gasteiger partial charge on any atom is 0.269 e. The van der Waals surface area contributed by atoms with Crippen LogP contribution in [-0.4, -0.2) is 37.5 Å². The molecular weight excluding hydrogens is 204 g/mol. The third kappa shape index (κ3) is 3.20. The molecular formula is C11H18N4O. The topological polar surface area (TPSA) is 50.2 Å². The Labute approximate surface area is 95.4 Å². The Morgan fingerprint density at radius 1 is 1.62 bits per heavy atom. The van der Waals surface area contributed by atoms with Crippen LogP contribution in [0.1, 0.15) is 0 Å². The number of rotatable bonds is 5. The first-order valence-corrected chi connectivity index (χ1v) is 5.10. The van der Waals surface area contributed by atoms with Gasteiger partial charge in [0.05, 0.1) is 18.4 Å². The molecule has 5 heteroatoms. The summed E-state index contributed by atoms with van der Waals surface area (Å²) in [5.74, 6) is 0. The third-order valence-corrected chi connectivity index (χ3v) is 2.17. The first-order valence-electron chi connectivity index (χ1n) is 5.10. The number of hydrogen-bond donors (Lipinski definition) is 1. The molecule has 1 aromatic rings. The zero-order valence-electron chi connectivity index (χ0n) is 10.0. The Hall–Kier alpha value is -1.62. The van der Waals surface area contributed by atoms with Gasteiger partial charge in [0.2, 0.25) is 0 Å². The molecule has 0 aliphatic rings. The van der Waals surface area contributed by atoms with Gasteiger partial charge < -0.3 is 10.2 Å². The lowest BCUT2D eigenvalue weighted by Gasteiger charge is -2.12. The van der Waals surface area contributed by atoms with Gasteiger partial charge in [-0.3, -0.25) is 4.79 Å². The maximum atomic E-state index is 11.7. The lowest BCUT2D eigenvalue weighted by atomic mass is 10.3. The van der Waals surface area contributed by atoms with E-state index in [1.54, 1.807) is 12.3 Å². The van der Waals surface area contributed by atoms with Crippen LogP contribution in [0.15, 0.2) is 29.2 Å².